The lowest BCUT2D eigenvalue weighted by atomic mass is 9.50. The summed E-state index contributed by atoms with van der Waals surface area (Å²) >= 11 is 0. The van der Waals surface area contributed by atoms with Crippen LogP contribution in [0.2, 0.25) is 0 Å². The van der Waals surface area contributed by atoms with Crippen LogP contribution in [0, 0.1) is 23.2 Å². The van der Waals surface area contributed by atoms with Gasteiger partial charge in [0, 0.05) is 12.6 Å². The highest BCUT2D eigenvalue weighted by molar-refractivity contribution is 5.01. The Morgan fingerprint density at radius 3 is 2.23 bits per heavy atom. The standard InChI is InChI=1S/C18H33NO3/c1-2-16(10-20)19-9-17(21)11-22-12-18-6-13-3-14(7-18)5-15(4-13)8-18/h13-17,19-21H,2-12H2,1H3. The van der Waals surface area contributed by atoms with Gasteiger partial charge in [0.25, 0.3) is 0 Å². The van der Waals surface area contributed by atoms with Gasteiger partial charge in [0.2, 0.25) is 0 Å². The van der Waals surface area contributed by atoms with Gasteiger partial charge in [-0.3, -0.25) is 0 Å². The smallest absolute Gasteiger partial charge is 0.0897 e. The van der Waals surface area contributed by atoms with Crippen molar-refractivity contribution in [3.8, 4) is 0 Å². The van der Waals surface area contributed by atoms with Crippen molar-refractivity contribution in [3.63, 3.8) is 0 Å². The van der Waals surface area contributed by atoms with Crippen molar-refractivity contribution >= 4 is 0 Å². The van der Waals surface area contributed by atoms with E-state index in [4.69, 9.17) is 9.84 Å². The second-order valence-electron chi connectivity index (χ2n) is 8.28. The number of aliphatic hydroxyl groups excluding tert-OH is 2. The fraction of sp³-hybridized carbons (Fsp3) is 1.00. The first kappa shape index (κ1) is 16.7. The second kappa shape index (κ2) is 7.16. The zero-order valence-electron chi connectivity index (χ0n) is 14.0. The molecule has 4 bridgehead atoms. The van der Waals surface area contributed by atoms with Crippen LogP contribution in [0.5, 0.6) is 0 Å². The van der Waals surface area contributed by atoms with Crippen LogP contribution < -0.4 is 5.32 Å². The minimum absolute atomic E-state index is 0.0813. The van der Waals surface area contributed by atoms with Gasteiger partial charge in [-0.05, 0) is 68.1 Å². The highest BCUT2D eigenvalue weighted by Crippen LogP contribution is 2.59. The van der Waals surface area contributed by atoms with Gasteiger partial charge in [-0.2, -0.15) is 0 Å². The molecule has 3 N–H and O–H groups in total. The summed E-state index contributed by atoms with van der Waals surface area (Å²) in [6.07, 6.45) is 8.86. The summed E-state index contributed by atoms with van der Waals surface area (Å²) in [6.45, 7) is 3.91. The average molecular weight is 311 g/mol. The summed E-state index contributed by atoms with van der Waals surface area (Å²) in [5.41, 5.74) is 0.430. The summed E-state index contributed by atoms with van der Waals surface area (Å²) in [4.78, 5) is 0. The molecule has 0 aliphatic heterocycles. The predicted octanol–water partition coefficient (Wildman–Crippen LogP) is 1.94. The Hall–Kier alpha value is -0.160. The quantitative estimate of drug-likeness (QED) is 0.609. The van der Waals surface area contributed by atoms with Crippen molar-refractivity contribution in [2.24, 2.45) is 23.2 Å². The molecular weight excluding hydrogens is 278 g/mol. The van der Waals surface area contributed by atoms with Crippen LogP contribution in [0.15, 0.2) is 0 Å². The van der Waals surface area contributed by atoms with Crippen LogP contribution in [0.1, 0.15) is 51.9 Å². The predicted molar refractivity (Wildman–Crippen MR) is 86.6 cm³/mol. The average Bonchev–Trinajstić information content (AvgIpc) is 2.46. The maximum atomic E-state index is 10.0. The molecule has 0 radical (unpaired) electrons. The van der Waals surface area contributed by atoms with E-state index in [2.05, 4.69) is 5.32 Å². The van der Waals surface area contributed by atoms with Crippen molar-refractivity contribution in [3.05, 3.63) is 0 Å². The Morgan fingerprint density at radius 2 is 1.73 bits per heavy atom. The van der Waals surface area contributed by atoms with E-state index in [-0.39, 0.29) is 12.6 Å². The first-order chi connectivity index (χ1) is 10.6. The summed E-state index contributed by atoms with van der Waals surface area (Å²) < 4.78 is 5.93. The summed E-state index contributed by atoms with van der Waals surface area (Å²) in [7, 11) is 0. The number of hydrogen-bond acceptors (Lipinski definition) is 4. The van der Waals surface area contributed by atoms with E-state index >= 15 is 0 Å². The highest BCUT2D eigenvalue weighted by atomic mass is 16.5. The Morgan fingerprint density at radius 1 is 1.14 bits per heavy atom. The fourth-order valence-corrected chi connectivity index (χ4v) is 5.58. The maximum Gasteiger partial charge on any atom is 0.0897 e. The van der Waals surface area contributed by atoms with Crippen LogP contribution in [0.25, 0.3) is 0 Å². The van der Waals surface area contributed by atoms with Gasteiger partial charge in [-0.1, -0.05) is 6.92 Å². The van der Waals surface area contributed by atoms with Gasteiger partial charge in [0.1, 0.15) is 0 Å². The SMILES string of the molecule is CCC(CO)NCC(O)COCC12CC3CC(CC(C3)C1)C2. The number of rotatable bonds is 9. The van der Waals surface area contributed by atoms with E-state index in [1.54, 1.807) is 0 Å². The van der Waals surface area contributed by atoms with Gasteiger partial charge in [0.15, 0.2) is 0 Å². The van der Waals surface area contributed by atoms with Crippen molar-refractivity contribution in [1.29, 1.82) is 0 Å². The number of aliphatic hydroxyl groups is 2. The molecule has 0 saturated heterocycles. The van der Waals surface area contributed by atoms with Gasteiger partial charge in [-0.25, -0.2) is 0 Å². The Balaban J connectivity index is 1.38. The highest BCUT2D eigenvalue weighted by Gasteiger charge is 2.50. The number of ether oxygens (including phenoxy) is 1. The van der Waals surface area contributed by atoms with Gasteiger partial charge in [-0.15, -0.1) is 0 Å². The zero-order valence-corrected chi connectivity index (χ0v) is 14.0. The minimum Gasteiger partial charge on any atom is -0.395 e. The van der Waals surface area contributed by atoms with Crippen LogP contribution in [0.4, 0.5) is 0 Å². The molecule has 0 aromatic rings. The second-order valence-corrected chi connectivity index (χ2v) is 8.28. The topological polar surface area (TPSA) is 61.7 Å². The van der Waals surface area contributed by atoms with E-state index in [0.29, 0.717) is 18.6 Å². The third-order valence-corrected chi connectivity index (χ3v) is 6.24. The Labute approximate surface area is 134 Å². The lowest BCUT2D eigenvalue weighted by molar-refractivity contribution is -0.105. The molecule has 0 heterocycles. The molecule has 0 aromatic carbocycles. The van der Waals surface area contributed by atoms with E-state index in [1.165, 1.54) is 38.5 Å². The van der Waals surface area contributed by atoms with E-state index in [9.17, 15) is 5.11 Å². The van der Waals surface area contributed by atoms with Gasteiger partial charge < -0.3 is 20.3 Å². The largest absolute Gasteiger partial charge is 0.395 e. The van der Waals surface area contributed by atoms with Gasteiger partial charge in [0.05, 0.1) is 25.9 Å². The molecule has 22 heavy (non-hydrogen) atoms. The van der Waals surface area contributed by atoms with Crippen LogP contribution >= 0.6 is 0 Å². The lowest BCUT2D eigenvalue weighted by Crippen LogP contribution is -2.48. The normalized spacial score (nSPS) is 39.1. The molecule has 2 atom stereocenters. The first-order valence-electron chi connectivity index (χ1n) is 9.22. The Kier molecular flexibility index (Phi) is 5.43. The molecule has 4 aliphatic carbocycles. The zero-order chi connectivity index (χ0) is 15.6. The number of hydrogen-bond donors (Lipinski definition) is 3. The molecule has 4 nitrogen and oxygen atoms in total. The maximum absolute atomic E-state index is 10.0. The van der Waals surface area contributed by atoms with E-state index in [1.807, 2.05) is 6.92 Å². The summed E-state index contributed by atoms with van der Waals surface area (Å²) in [5.74, 6) is 2.86. The molecule has 128 valence electrons. The molecule has 4 aliphatic rings. The van der Waals surface area contributed by atoms with Crippen molar-refractivity contribution < 1.29 is 14.9 Å². The molecular formula is C18H33NO3. The molecule has 4 saturated carbocycles. The monoisotopic (exact) mass is 311 g/mol. The van der Waals surface area contributed by atoms with Gasteiger partial charge >= 0.3 is 0 Å². The van der Waals surface area contributed by atoms with E-state index in [0.717, 1.165) is 30.8 Å². The molecule has 4 fully saturated rings. The van der Waals surface area contributed by atoms with Crippen LogP contribution in [-0.2, 0) is 4.74 Å². The van der Waals surface area contributed by atoms with Crippen LogP contribution in [0.3, 0.4) is 0 Å². The summed E-state index contributed by atoms with van der Waals surface area (Å²) in [6, 6.07) is 0.0813. The lowest BCUT2D eigenvalue weighted by Gasteiger charge is -2.56. The van der Waals surface area contributed by atoms with E-state index < -0.39 is 6.10 Å². The molecule has 0 spiro atoms. The molecule has 4 rings (SSSR count). The molecule has 0 amide bonds. The third kappa shape index (κ3) is 3.84. The van der Waals surface area contributed by atoms with Crippen molar-refractivity contribution in [2.75, 3.05) is 26.4 Å². The fourth-order valence-electron chi connectivity index (χ4n) is 5.58. The van der Waals surface area contributed by atoms with Crippen LogP contribution in [-0.4, -0.2) is 48.7 Å². The Bertz CT molecular complexity index is 321. The minimum atomic E-state index is -0.477. The molecule has 4 heteroatoms. The number of nitrogens with one attached hydrogen (secondary N) is 1. The summed E-state index contributed by atoms with van der Waals surface area (Å²) in [5, 5.41) is 22.4. The van der Waals surface area contributed by atoms with Crippen molar-refractivity contribution in [2.45, 2.75) is 64.0 Å². The van der Waals surface area contributed by atoms with Crippen molar-refractivity contribution in [1.82, 2.24) is 5.32 Å². The molecule has 0 aromatic heterocycles. The molecule has 2 unspecified atom stereocenters. The first-order valence-corrected chi connectivity index (χ1v) is 9.22. The third-order valence-electron chi connectivity index (χ3n) is 6.24.